The highest BCUT2D eigenvalue weighted by Crippen LogP contribution is 2.31. The van der Waals surface area contributed by atoms with E-state index in [0.717, 1.165) is 66.1 Å². The number of carbonyl (C=O) groups is 1. The lowest BCUT2D eigenvalue weighted by Crippen LogP contribution is -2.46. The first kappa shape index (κ1) is 38.8. The van der Waals surface area contributed by atoms with Gasteiger partial charge in [0.05, 0.1) is 9.82 Å². The average Bonchev–Trinajstić information content (AvgIpc) is 3.18. The Labute approximate surface area is 324 Å². The summed E-state index contributed by atoms with van der Waals surface area (Å²) in [6.07, 6.45) is 0.321. The second-order valence-corrected chi connectivity index (χ2v) is 16.0. The number of nitrogens with zero attached hydrogens (tertiary/aromatic N) is 3. The minimum atomic E-state index is -4.45. The number of hydrogen-bond acceptors (Lipinski definition) is 10. The van der Waals surface area contributed by atoms with Gasteiger partial charge in [0.25, 0.3) is 21.6 Å². The molecule has 54 heavy (non-hydrogen) atoms. The largest absolute Gasteiger partial charge is 0.396 e. The topological polar surface area (TPSA) is 145 Å². The number of nitrogens with one attached hydrogen (secondary N) is 2. The molecular weight excluding hydrogens is 746 g/mol. The summed E-state index contributed by atoms with van der Waals surface area (Å²) in [4.78, 5) is 29.6. The first-order valence-electron chi connectivity index (χ1n) is 17.4. The Morgan fingerprint density at radius 3 is 2.24 bits per heavy atom. The van der Waals surface area contributed by atoms with Gasteiger partial charge in [-0.15, -0.1) is 11.8 Å². The lowest BCUT2D eigenvalue weighted by Gasteiger charge is -2.36. The van der Waals surface area contributed by atoms with Crippen molar-refractivity contribution in [3.8, 4) is 11.1 Å². The van der Waals surface area contributed by atoms with Crippen molar-refractivity contribution < 1.29 is 23.2 Å². The van der Waals surface area contributed by atoms with Gasteiger partial charge in [0.2, 0.25) is 0 Å². The molecule has 3 N–H and O–H groups in total. The normalized spacial score (nSPS) is 14.0. The Morgan fingerprint density at radius 2 is 1.57 bits per heavy atom. The molecule has 1 fully saturated rings. The minimum absolute atomic E-state index is 0.107. The lowest BCUT2D eigenvalue weighted by atomic mass is 9.99. The predicted molar refractivity (Wildman–Crippen MR) is 215 cm³/mol. The fraction of sp³-hybridized carbons (Fsp3) is 0.225. The molecule has 0 unspecified atom stereocenters. The van der Waals surface area contributed by atoms with Crippen LogP contribution in [0.25, 0.3) is 11.1 Å². The molecule has 5 aromatic rings. The lowest BCUT2D eigenvalue weighted by molar-refractivity contribution is -0.384. The molecule has 1 aliphatic rings. The minimum Gasteiger partial charge on any atom is -0.396 e. The Kier molecular flexibility index (Phi) is 12.9. The Hall–Kier alpha value is -4.92. The first-order chi connectivity index (χ1) is 26.1. The van der Waals surface area contributed by atoms with Gasteiger partial charge in [0.15, 0.2) is 0 Å². The van der Waals surface area contributed by atoms with Gasteiger partial charge < -0.3 is 15.3 Å². The van der Waals surface area contributed by atoms with Crippen LogP contribution in [0.1, 0.15) is 22.3 Å². The van der Waals surface area contributed by atoms with E-state index < -0.39 is 31.4 Å². The molecule has 1 heterocycles. The van der Waals surface area contributed by atoms with Crippen molar-refractivity contribution in [3.63, 3.8) is 0 Å². The summed E-state index contributed by atoms with van der Waals surface area (Å²) in [5, 5.41) is 25.4. The molecule has 6 rings (SSSR count). The van der Waals surface area contributed by atoms with Crippen LogP contribution >= 0.6 is 23.4 Å². The van der Waals surface area contributed by atoms with E-state index in [4.69, 9.17) is 11.6 Å². The molecule has 0 saturated carbocycles. The highest BCUT2D eigenvalue weighted by molar-refractivity contribution is 7.99. The number of amides is 1. The number of piperazine rings is 1. The number of rotatable bonds is 15. The number of hydrogen-bond donors (Lipinski definition) is 3. The van der Waals surface area contributed by atoms with Crippen molar-refractivity contribution in [2.45, 2.75) is 28.8 Å². The van der Waals surface area contributed by atoms with Gasteiger partial charge in [-0.3, -0.25) is 19.8 Å². The molecule has 0 aromatic heterocycles. The van der Waals surface area contributed by atoms with Gasteiger partial charge in [-0.2, -0.15) is 0 Å². The standard InChI is InChI=1S/C40H40ClN5O6S2/c41-32-13-17-37(29-7-3-1-4-8-29)31(25-32)27-44-20-22-45(23-21-44)34-14-11-30(12-15-34)40(48)43-54(51,52)36-16-18-38(39(26-36)46(49)50)42-33(19-24-47)28-53-35-9-5-2-6-10-35/h1-18,25-26,33,42,47H,19-24,27-28H2,(H,43,48)/t33-/m1/s1. The van der Waals surface area contributed by atoms with Crippen LogP contribution in [0.3, 0.4) is 0 Å². The molecule has 1 amide bonds. The monoisotopic (exact) mass is 785 g/mol. The second-order valence-electron chi connectivity index (χ2n) is 12.8. The number of nitro groups is 1. The van der Waals surface area contributed by atoms with Crippen molar-refractivity contribution in [3.05, 3.63) is 148 Å². The van der Waals surface area contributed by atoms with Gasteiger partial charge in [-0.05, 0) is 83.8 Å². The van der Waals surface area contributed by atoms with Crippen LogP contribution in [0, 0.1) is 10.1 Å². The van der Waals surface area contributed by atoms with Crippen molar-refractivity contribution >= 4 is 56.4 Å². The third-order valence-corrected chi connectivity index (χ3v) is 11.9. The van der Waals surface area contributed by atoms with Gasteiger partial charge >= 0.3 is 0 Å². The molecule has 1 atom stereocenters. The van der Waals surface area contributed by atoms with E-state index in [1.807, 2.05) is 65.4 Å². The van der Waals surface area contributed by atoms with Crippen LogP contribution in [0.15, 0.2) is 131 Å². The van der Waals surface area contributed by atoms with Crippen molar-refractivity contribution in [2.75, 3.05) is 48.8 Å². The summed E-state index contributed by atoms with van der Waals surface area (Å²) in [6, 6.07) is 35.6. The predicted octanol–water partition coefficient (Wildman–Crippen LogP) is 7.31. The number of aliphatic hydroxyl groups excluding tert-OH is 1. The van der Waals surface area contributed by atoms with E-state index in [2.05, 4.69) is 33.3 Å². The molecular formula is C40H40ClN5O6S2. The molecule has 0 aliphatic carbocycles. The summed E-state index contributed by atoms with van der Waals surface area (Å²) in [7, 11) is -4.45. The van der Waals surface area contributed by atoms with Crippen LogP contribution in [0.2, 0.25) is 5.02 Å². The summed E-state index contributed by atoms with van der Waals surface area (Å²) < 4.78 is 28.5. The molecule has 1 saturated heterocycles. The Bertz CT molecular complexity index is 2170. The van der Waals surface area contributed by atoms with Gasteiger partial charge in [0, 0.05) is 78.4 Å². The number of anilines is 2. The fourth-order valence-electron chi connectivity index (χ4n) is 6.30. The fourth-order valence-corrected chi connectivity index (χ4v) is 8.48. The number of halogens is 1. The molecule has 0 radical (unpaired) electrons. The van der Waals surface area contributed by atoms with Crippen molar-refractivity contribution in [2.24, 2.45) is 0 Å². The van der Waals surface area contributed by atoms with E-state index in [1.54, 1.807) is 24.3 Å². The van der Waals surface area contributed by atoms with Gasteiger partial charge in [0.1, 0.15) is 5.69 Å². The number of benzene rings is 5. The summed E-state index contributed by atoms with van der Waals surface area (Å²) >= 11 is 7.90. The molecule has 5 aromatic carbocycles. The highest BCUT2D eigenvalue weighted by Gasteiger charge is 2.26. The third kappa shape index (κ3) is 9.98. The number of sulfonamides is 1. The van der Waals surface area contributed by atoms with Crippen LogP contribution in [0.4, 0.5) is 17.1 Å². The summed E-state index contributed by atoms with van der Waals surface area (Å²) in [6.45, 7) is 3.77. The van der Waals surface area contributed by atoms with E-state index in [-0.39, 0.29) is 23.9 Å². The number of thioether (sulfide) groups is 1. The quantitative estimate of drug-likeness (QED) is 0.0561. The Morgan fingerprint density at radius 1 is 0.889 bits per heavy atom. The zero-order valence-electron chi connectivity index (χ0n) is 29.3. The molecule has 280 valence electrons. The summed E-state index contributed by atoms with van der Waals surface area (Å²) in [5.74, 6) is -0.347. The van der Waals surface area contributed by atoms with Crippen molar-refractivity contribution in [1.29, 1.82) is 0 Å². The number of nitro benzene ring substituents is 1. The molecule has 14 heteroatoms. The first-order valence-corrected chi connectivity index (χ1v) is 20.3. The zero-order valence-corrected chi connectivity index (χ0v) is 31.7. The average molecular weight is 786 g/mol. The molecule has 0 bridgehead atoms. The van der Waals surface area contributed by atoms with E-state index in [9.17, 15) is 28.4 Å². The SMILES string of the molecule is O=C(NS(=O)(=O)c1ccc(N[C@H](CCO)CSc2ccccc2)c([N+](=O)[O-])c1)c1ccc(N2CCN(Cc3cc(Cl)ccc3-c3ccccc3)CC2)cc1. The summed E-state index contributed by atoms with van der Waals surface area (Å²) in [5.41, 5.74) is 4.14. The molecule has 0 spiro atoms. The third-order valence-electron chi connectivity index (χ3n) is 9.15. The number of carbonyl (C=O) groups excluding carboxylic acids is 1. The van der Waals surface area contributed by atoms with Crippen LogP contribution in [0.5, 0.6) is 0 Å². The van der Waals surface area contributed by atoms with Crippen LogP contribution in [-0.4, -0.2) is 73.8 Å². The Balaban J connectivity index is 1.06. The van der Waals surface area contributed by atoms with E-state index >= 15 is 0 Å². The molecule has 11 nitrogen and oxygen atoms in total. The zero-order chi connectivity index (χ0) is 38.1. The molecule has 1 aliphatic heterocycles. The maximum atomic E-state index is 13.3. The van der Waals surface area contributed by atoms with E-state index in [1.165, 1.54) is 23.9 Å². The van der Waals surface area contributed by atoms with E-state index in [0.29, 0.717) is 17.2 Å². The van der Waals surface area contributed by atoms with Crippen LogP contribution < -0.4 is 14.9 Å². The second kappa shape index (κ2) is 17.9. The van der Waals surface area contributed by atoms with Gasteiger partial charge in [-0.25, -0.2) is 13.1 Å². The number of aliphatic hydroxyl groups is 1. The maximum absolute atomic E-state index is 13.3. The van der Waals surface area contributed by atoms with Crippen LogP contribution in [-0.2, 0) is 16.6 Å². The smallest absolute Gasteiger partial charge is 0.293 e. The van der Waals surface area contributed by atoms with Crippen molar-refractivity contribution in [1.82, 2.24) is 9.62 Å². The van der Waals surface area contributed by atoms with Gasteiger partial charge in [-0.1, -0.05) is 66.2 Å². The maximum Gasteiger partial charge on any atom is 0.293 e. The highest BCUT2D eigenvalue weighted by atomic mass is 35.5.